The molecular weight excluding hydrogens is 312 g/mol. The molecular formula is C17H12N2O5. The van der Waals surface area contributed by atoms with Crippen molar-refractivity contribution in [2.75, 3.05) is 4.90 Å². The maximum Gasteiger partial charge on any atom is 0.278 e. The van der Waals surface area contributed by atoms with E-state index in [1.165, 1.54) is 12.3 Å². The van der Waals surface area contributed by atoms with E-state index in [2.05, 4.69) is 5.16 Å². The van der Waals surface area contributed by atoms with Gasteiger partial charge < -0.3 is 9.25 Å². The average molecular weight is 324 g/mol. The van der Waals surface area contributed by atoms with Gasteiger partial charge in [0.25, 0.3) is 5.91 Å². The minimum Gasteiger partial charge on any atom is -0.461 e. The average Bonchev–Trinajstić information content (AvgIpc) is 3.29. The number of imide groups is 1. The molecule has 0 bridgehead atoms. The summed E-state index contributed by atoms with van der Waals surface area (Å²) in [5.41, 5.74) is 1.15. The first-order valence-corrected chi connectivity index (χ1v) is 7.35. The van der Waals surface area contributed by atoms with Crippen LogP contribution in [0.4, 0.5) is 5.69 Å². The van der Waals surface area contributed by atoms with Crippen LogP contribution in [-0.4, -0.2) is 29.4 Å². The van der Waals surface area contributed by atoms with E-state index in [0.717, 1.165) is 10.5 Å². The number of anilines is 1. The summed E-state index contributed by atoms with van der Waals surface area (Å²) in [6, 6.07) is 10.1. The van der Waals surface area contributed by atoms with E-state index in [-0.39, 0.29) is 11.5 Å². The van der Waals surface area contributed by atoms with Gasteiger partial charge >= 0.3 is 0 Å². The number of nitrogens with zero attached hydrogens (tertiary/aromatic N) is 2. The summed E-state index contributed by atoms with van der Waals surface area (Å²) in [4.78, 5) is 44.0. The topological polar surface area (TPSA) is 89.2 Å². The normalized spacial score (nSPS) is 22.4. The fraction of sp³-hybridized carbons (Fsp3) is 0.176. The molecule has 7 heteroatoms. The molecule has 2 amide bonds. The molecule has 24 heavy (non-hydrogen) atoms. The number of benzene rings is 1. The zero-order valence-corrected chi connectivity index (χ0v) is 12.6. The van der Waals surface area contributed by atoms with Gasteiger partial charge in [-0.2, -0.15) is 0 Å². The second-order valence-electron chi connectivity index (χ2n) is 5.59. The molecule has 1 aromatic heterocycles. The number of carbonyl (C=O) groups is 3. The summed E-state index contributed by atoms with van der Waals surface area (Å²) >= 11 is 0. The molecule has 2 aliphatic heterocycles. The molecule has 2 atom stereocenters. The predicted molar refractivity (Wildman–Crippen MR) is 82.5 cm³/mol. The lowest BCUT2D eigenvalue weighted by Crippen LogP contribution is -2.34. The number of carbonyl (C=O) groups excluding carboxylic acids is 3. The monoisotopic (exact) mass is 324 g/mol. The third kappa shape index (κ3) is 1.91. The molecule has 0 saturated carbocycles. The lowest BCUT2D eigenvalue weighted by Gasteiger charge is -2.17. The van der Waals surface area contributed by atoms with Gasteiger partial charge in [-0.1, -0.05) is 23.4 Å². The number of amides is 2. The van der Waals surface area contributed by atoms with Gasteiger partial charge in [0, 0.05) is 0 Å². The van der Waals surface area contributed by atoms with Crippen molar-refractivity contribution in [3.8, 4) is 0 Å². The zero-order valence-electron chi connectivity index (χ0n) is 12.6. The van der Waals surface area contributed by atoms with Gasteiger partial charge in [-0.25, -0.2) is 4.90 Å². The minimum atomic E-state index is -1.11. The Kier molecular flexibility index (Phi) is 3.09. The lowest BCUT2D eigenvalue weighted by atomic mass is 9.96. The fourth-order valence-electron chi connectivity index (χ4n) is 2.95. The maximum atomic E-state index is 12.8. The second kappa shape index (κ2) is 5.16. The number of furan rings is 1. The van der Waals surface area contributed by atoms with Gasteiger partial charge in [0.2, 0.25) is 17.8 Å². The third-order valence-electron chi connectivity index (χ3n) is 4.15. The minimum absolute atomic E-state index is 0.0487. The molecule has 7 nitrogen and oxygen atoms in total. The Morgan fingerprint density at radius 2 is 1.92 bits per heavy atom. The van der Waals surface area contributed by atoms with Crippen LogP contribution >= 0.6 is 0 Å². The molecule has 0 N–H and O–H groups in total. The van der Waals surface area contributed by atoms with Crippen LogP contribution in [0.5, 0.6) is 0 Å². The van der Waals surface area contributed by atoms with Gasteiger partial charge in [-0.15, -0.1) is 0 Å². The van der Waals surface area contributed by atoms with Crippen molar-refractivity contribution >= 4 is 29.0 Å². The summed E-state index contributed by atoms with van der Waals surface area (Å²) in [5, 5.41) is 3.67. The van der Waals surface area contributed by atoms with Crippen molar-refractivity contribution in [2.24, 2.45) is 11.1 Å². The number of Topliss-reactive ketones (excluding diaryl/α,β-unsaturated/α-hetero) is 1. The highest BCUT2D eigenvalue weighted by atomic mass is 16.7. The number of para-hydroxylation sites is 1. The predicted octanol–water partition coefficient (Wildman–Crippen LogP) is 1.72. The Morgan fingerprint density at radius 1 is 1.12 bits per heavy atom. The SMILES string of the molecule is Cc1ccccc1N1C(=O)[C@H]2C(C(=O)c3ccco3)=NO[C@@H]2C1=O. The van der Waals surface area contributed by atoms with Crippen LogP contribution in [-0.2, 0) is 14.4 Å². The van der Waals surface area contributed by atoms with E-state index in [0.29, 0.717) is 5.69 Å². The number of aryl methyl sites for hydroxylation is 1. The molecule has 1 saturated heterocycles. The third-order valence-corrected chi connectivity index (χ3v) is 4.15. The van der Waals surface area contributed by atoms with Crippen molar-refractivity contribution in [3.05, 3.63) is 54.0 Å². The van der Waals surface area contributed by atoms with Gasteiger partial charge in [0.15, 0.2) is 5.76 Å². The fourth-order valence-corrected chi connectivity index (χ4v) is 2.95. The largest absolute Gasteiger partial charge is 0.461 e. The number of oxime groups is 1. The van der Waals surface area contributed by atoms with E-state index in [1.54, 1.807) is 31.2 Å². The number of rotatable bonds is 3. The van der Waals surface area contributed by atoms with Crippen molar-refractivity contribution in [2.45, 2.75) is 13.0 Å². The summed E-state index contributed by atoms with van der Waals surface area (Å²) < 4.78 is 5.05. The Balaban J connectivity index is 1.70. The molecule has 0 aliphatic carbocycles. The molecule has 2 aliphatic rings. The molecule has 0 spiro atoms. The Hall–Kier alpha value is -3.22. The highest BCUT2D eigenvalue weighted by molar-refractivity contribution is 6.52. The lowest BCUT2D eigenvalue weighted by molar-refractivity contribution is -0.126. The van der Waals surface area contributed by atoms with E-state index in [9.17, 15) is 14.4 Å². The Morgan fingerprint density at radius 3 is 2.62 bits per heavy atom. The van der Waals surface area contributed by atoms with Crippen molar-refractivity contribution in [1.82, 2.24) is 0 Å². The molecule has 0 radical (unpaired) electrons. The summed E-state index contributed by atoms with van der Waals surface area (Å²) in [5.74, 6) is -2.59. The van der Waals surface area contributed by atoms with Crippen LogP contribution in [0.1, 0.15) is 16.1 Å². The summed E-state index contributed by atoms with van der Waals surface area (Å²) in [6.07, 6.45) is 0.244. The van der Waals surface area contributed by atoms with Crippen LogP contribution in [0.3, 0.4) is 0 Å². The quantitative estimate of drug-likeness (QED) is 0.633. The molecule has 2 aromatic rings. The van der Waals surface area contributed by atoms with Gasteiger partial charge in [-0.3, -0.25) is 14.4 Å². The van der Waals surface area contributed by atoms with Crippen molar-refractivity contribution in [3.63, 3.8) is 0 Å². The number of hydrogen-bond acceptors (Lipinski definition) is 6. The van der Waals surface area contributed by atoms with E-state index < -0.39 is 29.6 Å². The van der Waals surface area contributed by atoms with Crippen LogP contribution in [0.15, 0.2) is 52.2 Å². The van der Waals surface area contributed by atoms with Gasteiger partial charge in [0.1, 0.15) is 11.6 Å². The maximum absolute atomic E-state index is 12.8. The summed E-state index contributed by atoms with van der Waals surface area (Å²) in [7, 11) is 0. The number of hydrogen-bond donors (Lipinski definition) is 0. The van der Waals surface area contributed by atoms with Crippen LogP contribution in [0, 0.1) is 12.8 Å². The van der Waals surface area contributed by atoms with Gasteiger partial charge in [-0.05, 0) is 30.7 Å². The van der Waals surface area contributed by atoms with Gasteiger partial charge in [0.05, 0.1) is 12.0 Å². The molecule has 3 heterocycles. The van der Waals surface area contributed by atoms with Crippen LogP contribution in [0.25, 0.3) is 0 Å². The second-order valence-corrected chi connectivity index (χ2v) is 5.59. The first-order chi connectivity index (χ1) is 11.6. The Labute approximate surface area is 136 Å². The highest BCUT2D eigenvalue weighted by Crippen LogP contribution is 2.35. The molecule has 1 fully saturated rings. The molecule has 4 rings (SSSR count). The van der Waals surface area contributed by atoms with Crippen molar-refractivity contribution < 1.29 is 23.6 Å². The number of ketones is 1. The smallest absolute Gasteiger partial charge is 0.278 e. The van der Waals surface area contributed by atoms with E-state index in [1.807, 2.05) is 6.07 Å². The molecule has 0 unspecified atom stereocenters. The van der Waals surface area contributed by atoms with Crippen LogP contribution < -0.4 is 4.90 Å². The highest BCUT2D eigenvalue weighted by Gasteiger charge is 2.57. The van der Waals surface area contributed by atoms with Crippen molar-refractivity contribution in [1.29, 1.82) is 0 Å². The number of fused-ring (bicyclic) bond motifs is 1. The standard InChI is InChI=1S/C17H12N2O5/c1-9-5-2-3-6-10(9)19-16(21)12-13(18-24-15(12)17(19)22)14(20)11-7-4-8-23-11/h2-8,12,15H,1H3/t12-,15-/m0/s1. The summed E-state index contributed by atoms with van der Waals surface area (Å²) in [6.45, 7) is 1.80. The first kappa shape index (κ1) is 14.4. The molecule has 1 aromatic carbocycles. The van der Waals surface area contributed by atoms with E-state index >= 15 is 0 Å². The first-order valence-electron chi connectivity index (χ1n) is 7.35. The van der Waals surface area contributed by atoms with E-state index in [4.69, 9.17) is 9.25 Å². The molecule has 120 valence electrons. The Bertz CT molecular complexity index is 884. The van der Waals surface area contributed by atoms with Crippen LogP contribution in [0.2, 0.25) is 0 Å². The zero-order chi connectivity index (χ0) is 16.8.